The van der Waals surface area contributed by atoms with Crippen LogP contribution in [0.1, 0.15) is 37.7 Å². The molecule has 3 rings (SSSR count). The molecule has 0 unspecified atom stereocenters. The first-order chi connectivity index (χ1) is 15.3. The third kappa shape index (κ3) is 7.27. The number of carbonyl (C=O) groups excluding carboxylic acids is 1. The highest BCUT2D eigenvalue weighted by molar-refractivity contribution is 7.85. The number of aromatic nitrogens is 2. The van der Waals surface area contributed by atoms with E-state index in [9.17, 15) is 13.2 Å². The van der Waals surface area contributed by atoms with Gasteiger partial charge in [0.2, 0.25) is 0 Å². The maximum Gasteiger partial charge on any atom is 0.320 e. The van der Waals surface area contributed by atoms with Crippen molar-refractivity contribution in [2.75, 3.05) is 24.7 Å². The van der Waals surface area contributed by atoms with E-state index in [0.29, 0.717) is 35.4 Å². The summed E-state index contributed by atoms with van der Waals surface area (Å²) in [6, 6.07) is 5.28. The van der Waals surface area contributed by atoms with Crippen molar-refractivity contribution in [2.45, 2.75) is 38.1 Å². The second kappa shape index (κ2) is 11.0. The van der Waals surface area contributed by atoms with Crippen molar-refractivity contribution in [2.24, 2.45) is 10.7 Å². The summed E-state index contributed by atoms with van der Waals surface area (Å²) in [7, 11) is -3.44. The van der Waals surface area contributed by atoms with Gasteiger partial charge in [-0.2, -0.15) is 8.42 Å². The molecule has 32 heavy (non-hydrogen) atoms. The van der Waals surface area contributed by atoms with Crippen LogP contribution in [0.25, 0.3) is 16.6 Å². The Morgan fingerprint density at radius 2 is 2.09 bits per heavy atom. The molecular formula is C21H28N6O4S. The van der Waals surface area contributed by atoms with Crippen molar-refractivity contribution in [1.29, 1.82) is 0 Å². The van der Waals surface area contributed by atoms with Crippen molar-refractivity contribution < 1.29 is 17.4 Å². The molecule has 172 valence electrons. The maximum absolute atomic E-state index is 12.2. The molecule has 0 atom stereocenters. The zero-order chi connectivity index (χ0) is 23.0. The van der Waals surface area contributed by atoms with Crippen LogP contribution in [-0.2, 0) is 14.3 Å². The minimum atomic E-state index is -3.44. The molecule has 2 aromatic heterocycles. The lowest BCUT2D eigenvalue weighted by Crippen LogP contribution is -2.36. The lowest BCUT2D eigenvalue weighted by Gasteiger charge is -2.12. The Labute approximate surface area is 187 Å². The molecule has 0 aromatic carbocycles. The Morgan fingerprint density at radius 1 is 1.31 bits per heavy atom. The summed E-state index contributed by atoms with van der Waals surface area (Å²) in [5, 5.41) is 5.75. The minimum Gasteiger partial charge on any atom is -0.404 e. The predicted molar refractivity (Wildman–Crippen MR) is 125 cm³/mol. The highest BCUT2D eigenvalue weighted by atomic mass is 32.2. The molecule has 1 saturated carbocycles. The smallest absolute Gasteiger partial charge is 0.320 e. The molecule has 0 bridgehead atoms. The molecule has 2 heterocycles. The summed E-state index contributed by atoms with van der Waals surface area (Å²) >= 11 is 0. The van der Waals surface area contributed by atoms with Crippen molar-refractivity contribution in [3.63, 3.8) is 0 Å². The number of carbonyl (C=O) groups is 1. The minimum absolute atomic E-state index is 0.0728. The lowest BCUT2D eigenvalue weighted by atomic mass is 10.1. The molecule has 4 N–H and O–H groups in total. The van der Waals surface area contributed by atoms with E-state index in [2.05, 4.69) is 29.8 Å². The van der Waals surface area contributed by atoms with Gasteiger partial charge in [-0.05, 0) is 37.5 Å². The topological polar surface area (TPSA) is 149 Å². The number of amides is 2. The molecule has 0 spiro atoms. The quantitative estimate of drug-likeness (QED) is 0.295. The number of hydrogen-bond donors (Lipinski definition) is 3. The zero-order valence-corrected chi connectivity index (χ0v) is 18.8. The van der Waals surface area contributed by atoms with E-state index in [1.165, 1.54) is 6.20 Å². The molecule has 10 nitrogen and oxygen atoms in total. The lowest BCUT2D eigenvalue weighted by molar-refractivity contribution is 0.248. The molecule has 0 radical (unpaired) electrons. The largest absolute Gasteiger partial charge is 0.404 e. The number of aliphatic imine (C=N–C) groups is 1. The number of anilines is 1. The molecule has 1 aliphatic rings. The number of allylic oxidation sites excluding steroid dienone is 1. The van der Waals surface area contributed by atoms with Gasteiger partial charge in [-0.15, -0.1) is 0 Å². The molecule has 2 aromatic rings. The average molecular weight is 461 g/mol. The van der Waals surface area contributed by atoms with Gasteiger partial charge in [0.25, 0.3) is 10.1 Å². The van der Waals surface area contributed by atoms with Gasteiger partial charge >= 0.3 is 6.03 Å². The van der Waals surface area contributed by atoms with Crippen molar-refractivity contribution >= 4 is 44.8 Å². The number of fused-ring (bicyclic) bond motifs is 1. The molecule has 0 saturated heterocycles. The highest BCUT2D eigenvalue weighted by Crippen LogP contribution is 2.20. The Kier molecular flexibility index (Phi) is 8.12. The monoisotopic (exact) mass is 460 g/mol. The van der Waals surface area contributed by atoms with Gasteiger partial charge in [-0.1, -0.05) is 12.8 Å². The van der Waals surface area contributed by atoms with Gasteiger partial charge in [0.05, 0.1) is 23.9 Å². The van der Waals surface area contributed by atoms with Gasteiger partial charge < -0.3 is 11.1 Å². The Bertz CT molecular complexity index is 1110. The van der Waals surface area contributed by atoms with E-state index in [1.54, 1.807) is 24.5 Å². The first kappa shape index (κ1) is 23.6. The van der Waals surface area contributed by atoms with E-state index in [-0.39, 0.29) is 18.7 Å². The van der Waals surface area contributed by atoms with Gasteiger partial charge in [0.1, 0.15) is 5.82 Å². The third-order valence-electron chi connectivity index (χ3n) is 4.94. The average Bonchev–Trinajstić information content (AvgIpc) is 3.25. The zero-order valence-electron chi connectivity index (χ0n) is 18.0. The predicted octanol–water partition coefficient (Wildman–Crippen LogP) is 2.43. The first-order valence-corrected chi connectivity index (χ1v) is 12.3. The van der Waals surface area contributed by atoms with Crippen LogP contribution in [0, 0.1) is 0 Å². The van der Waals surface area contributed by atoms with Crippen LogP contribution in [0.2, 0.25) is 0 Å². The molecule has 2 amide bonds. The molecule has 11 heteroatoms. The maximum atomic E-state index is 12.2. The van der Waals surface area contributed by atoms with E-state index in [4.69, 9.17) is 5.73 Å². The Hall–Kier alpha value is -3.05. The second-order valence-corrected chi connectivity index (χ2v) is 9.22. The fourth-order valence-corrected chi connectivity index (χ4v) is 3.81. The number of nitrogens with two attached hydrogens (primary N) is 1. The number of nitrogens with one attached hydrogen (secondary N) is 2. The van der Waals surface area contributed by atoms with Gasteiger partial charge in [0, 0.05) is 42.3 Å². The summed E-state index contributed by atoms with van der Waals surface area (Å²) in [6.07, 6.45) is 10.4. The van der Waals surface area contributed by atoms with Crippen LogP contribution < -0.4 is 16.4 Å². The molecule has 0 aliphatic heterocycles. The van der Waals surface area contributed by atoms with Crippen LogP contribution >= 0.6 is 0 Å². The number of hydrogen-bond acceptors (Lipinski definition) is 8. The van der Waals surface area contributed by atoms with Crippen LogP contribution in [0.4, 0.5) is 10.6 Å². The standard InChI is InChI=1S/C21H28N6O4S/c1-32(29,30)31-10-4-9-23-13-16(12-22)15-11-19-18(24-14-15)7-8-20(26-19)27-21(28)25-17-5-2-3-6-17/h7-8,11-14,17H,2-6,9-10,22H2,1H3,(H2,25,26,27,28). The van der Waals surface area contributed by atoms with Crippen LogP contribution in [0.15, 0.2) is 35.6 Å². The Balaban J connectivity index is 1.63. The summed E-state index contributed by atoms with van der Waals surface area (Å²) in [5.74, 6) is 0.435. The normalized spacial score (nSPS) is 15.5. The number of urea groups is 1. The molecule has 1 aliphatic carbocycles. The van der Waals surface area contributed by atoms with Crippen LogP contribution in [-0.4, -0.2) is 56.1 Å². The summed E-state index contributed by atoms with van der Waals surface area (Å²) in [6.45, 7) is 0.458. The van der Waals surface area contributed by atoms with Crippen molar-refractivity contribution in [3.8, 4) is 0 Å². The molecular weight excluding hydrogens is 432 g/mol. The summed E-state index contributed by atoms with van der Waals surface area (Å²) < 4.78 is 26.6. The first-order valence-electron chi connectivity index (χ1n) is 10.4. The summed E-state index contributed by atoms with van der Waals surface area (Å²) in [4.78, 5) is 25.4. The van der Waals surface area contributed by atoms with Crippen LogP contribution in [0.3, 0.4) is 0 Å². The van der Waals surface area contributed by atoms with E-state index in [0.717, 1.165) is 37.5 Å². The second-order valence-electron chi connectivity index (χ2n) is 7.58. The van der Waals surface area contributed by atoms with Gasteiger partial charge in [-0.25, -0.2) is 9.78 Å². The van der Waals surface area contributed by atoms with Crippen LogP contribution in [0.5, 0.6) is 0 Å². The third-order valence-corrected chi connectivity index (χ3v) is 5.54. The van der Waals surface area contributed by atoms with E-state index >= 15 is 0 Å². The van der Waals surface area contributed by atoms with E-state index < -0.39 is 10.1 Å². The Morgan fingerprint density at radius 3 is 2.81 bits per heavy atom. The highest BCUT2D eigenvalue weighted by Gasteiger charge is 2.17. The fraction of sp³-hybridized carbons (Fsp3) is 0.429. The number of pyridine rings is 2. The van der Waals surface area contributed by atoms with Gasteiger partial charge in [0.15, 0.2) is 0 Å². The number of nitrogens with zero attached hydrogens (tertiary/aromatic N) is 3. The summed E-state index contributed by atoms with van der Waals surface area (Å²) in [5.41, 5.74) is 8.40. The van der Waals surface area contributed by atoms with Crippen molar-refractivity contribution in [1.82, 2.24) is 15.3 Å². The van der Waals surface area contributed by atoms with E-state index in [1.807, 2.05) is 6.07 Å². The fourth-order valence-electron chi connectivity index (χ4n) is 3.38. The van der Waals surface area contributed by atoms with Crippen molar-refractivity contribution in [3.05, 3.63) is 36.2 Å². The SMILES string of the molecule is CS(=O)(=O)OCCCN=CC(=CN)c1cnc2ccc(NC(=O)NC3CCCC3)nc2c1. The van der Waals surface area contributed by atoms with Gasteiger partial charge in [-0.3, -0.25) is 19.5 Å². The molecule has 1 fully saturated rings. The number of rotatable bonds is 9.